The van der Waals surface area contributed by atoms with Crippen LogP contribution in [0.2, 0.25) is 0 Å². The van der Waals surface area contributed by atoms with Crippen molar-refractivity contribution in [3.8, 4) is 0 Å². The second-order valence-electron chi connectivity index (χ2n) is 5.05. The molecule has 0 amide bonds. The maximum Gasteiger partial charge on any atom is 0.0594 e. The third kappa shape index (κ3) is 4.14. The lowest BCUT2D eigenvalue weighted by Gasteiger charge is -2.26. The summed E-state index contributed by atoms with van der Waals surface area (Å²) in [7, 11) is 0. The van der Waals surface area contributed by atoms with E-state index in [-0.39, 0.29) is 0 Å². The van der Waals surface area contributed by atoms with E-state index in [1.54, 1.807) is 0 Å². The standard InChI is InChI=1S/C15H23NO/c1-13-10-14(2)12-15(11-13)4-3-5-16-6-8-17-9-7-16/h10-12H,3-9H2,1-2H3. The molecule has 1 aromatic carbocycles. The predicted molar refractivity (Wildman–Crippen MR) is 71.5 cm³/mol. The Morgan fingerprint density at radius 1 is 1.06 bits per heavy atom. The molecule has 1 aromatic rings. The molecule has 1 heterocycles. The Kier molecular flexibility index (Phi) is 4.57. The van der Waals surface area contributed by atoms with E-state index in [1.165, 1.54) is 36.1 Å². The van der Waals surface area contributed by atoms with Crippen molar-refractivity contribution in [3.63, 3.8) is 0 Å². The summed E-state index contributed by atoms with van der Waals surface area (Å²) in [6.45, 7) is 9.58. The Bertz CT molecular complexity index is 336. The maximum atomic E-state index is 5.35. The molecule has 0 spiro atoms. The molecule has 0 aliphatic carbocycles. The van der Waals surface area contributed by atoms with E-state index in [0.717, 1.165) is 26.3 Å². The Labute approximate surface area is 105 Å². The van der Waals surface area contributed by atoms with Crippen LogP contribution in [0.3, 0.4) is 0 Å². The summed E-state index contributed by atoms with van der Waals surface area (Å²) in [5, 5.41) is 0. The summed E-state index contributed by atoms with van der Waals surface area (Å²) in [5.41, 5.74) is 4.24. The first kappa shape index (κ1) is 12.6. The van der Waals surface area contributed by atoms with Gasteiger partial charge in [0.15, 0.2) is 0 Å². The highest BCUT2D eigenvalue weighted by molar-refractivity contribution is 5.28. The van der Waals surface area contributed by atoms with Crippen molar-refractivity contribution in [1.82, 2.24) is 4.90 Å². The van der Waals surface area contributed by atoms with Gasteiger partial charge in [-0.15, -0.1) is 0 Å². The smallest absolute Gasteiger partial charge is 0.0594 e. The van der Waals surface area contributed by atoms with Crippen molar-refractivity contribution in [2.45, 2.75) is 26.7 Å². The molecule has 1 saturated heterocycles. The lowest BCUT2D eigenvalue weighted by molar-refractivity contribution is 0.0375. The van der Waals surface area contributed by atoms with Crippen LogP contribution in [0.4, 0.5) is 0 Å². The van der Waals surface area contributed by atoms with Crippen molar-refractivity contribution in [2.75, 3.05) is 32.8 Å². The third-order valence-corrected chi connectivity index (χ3v) is 3.32. The largest absolute Gasteiger partial charge is 0.379 e. The molecule has 0 unspecified atom stereocenters. The zero-order chi connectivity index (χ0) is 12.1. The Hall–Kier alpha value is -0.860. The van der Waals surface area contributed by atoms with Crippen LogP contribution < -0.4 is 0 Å². The molecule has 2 rings (SSSR count). The van der Waals surface area contributed by atoms with Gasteiger partial charge in [-0.1, -0.05) is 29.3 Å². The van der Waals surface area contributed by atoms with Crippen LogP contribution in [-0.4, -0.2) is 37.7 Å². The highest BCUT2D eigenvalue weighted by Gasteiger charge is 2.09. The molecule has 94 valence electrons. The topological polar surface area (TPSA) is 12.5 Å². The van der Waals surface area contributed by atoms with Gasteiger partial charge in [-0.2, -0.15) is 0 Å². The van der Waals surface area contributed by atoms with E-state index < -0.39 is 0 Å². The van der Waals surface area contributed by atoms with Crippen LogP contribution in [0.1, 0.15) is 23.1 Å². The van der Waals surface area contributed by atoms with Crippen LogP contribution in [0, 0.1) is 13.8 Å². The van der Waals surface area contributed by atoms with Crippen molar-refractivity contribution >= 4 is 0 Å². The molecule has 0 N–H and O–H groups in total. The van der Waals surface area contributed by atoms with E-state index in [0.29, 0.717) is 0 Å². The van der Waals surface area contributed by atoms with Gasteiger partial charge in [-0.05, 0) is 38.8 Å². The van der Waals surface area contributed by atoms with E-state index in [1.807, 2.05) is 0 Å². The molecule has 1 aliphatic rings. The maximum absolute atomic E-state index is 5.35. The fourth-order valence-electron chi connectivity index (χ4n) is 2.54. The Morgan fingerprint density at radius 3 is 2.35 bits per heavy atom. The minimum absolute atomic E-state index is 0.906. The molecule has 0 bridgehead atoms. The number of hydrogen-bond acceptors (Lipinski definition) is 2. The molecular weight excluding hydrogens is 210 g/mol. The molecule has 0 atom stereocenters. The lowest BCUT2D eigenvalue weighted by Crippen LogP contribution is -2.36. The van der Waals surface area contributed by atoms with Gasteiger partial charge in [0.05, 0.1) is 13.2 Å². The summed E-state index contributed by atoms with van der Waals surface area (Å²) < 4.78 is 5.35. The fraction of sp³-hybridized carbons (Fsp3) is 0.600. The number of hydrogen-bond donors (Lipinski definition) is 0. The third-order valence-electron chi connectivity index (χ3n) is 3.32. The van der Waals surface area contributed by atoms with Crippen molar-refractivity contribution in [3.05, 3.63) is 34.9 Å². The average Bonchev–Trinajstić information content (AvgIpc) is 2.29. The first-order valence-electron chi connectivity index (χ1n) is 6.61. The molecule has 1 aliphatic heterocycles. The SMILES string of the molecule is Cc1cc(C)cc(CCCN2CCOCC2)c1. The second-order valence-corrected chi connectivity index (χ2v) is 5.05. The molecule has 0 radical (unpaired) electrons. The van der Waals surface area contributed by atoms with Crippen LogP contribution in [0.15, 0.2) is 18.2 Å². The van der Waals surface area contributed by atoms with Gasteiger partial charge in [0, 0.05) is 13.1 Å². The van der Waals surface area contributed by atoms with Gasteiger partial charge < -0.3 is 4.74 Å². The second kappa shape index (κ2) is 6.18. The summed E-state index contributed by atoms with van der Waals surface area (Å²) in [6, 6.07) is 6.87. The first-order valence-corrected chi connectivity index (χ1v) is 6.61. The van der Waals surface area contributed by atoms with E-state index >= 15 is 0 Å². The molecule has 0 saturated carbocycles. The molecule has 0 aromatic heterocycles. The van der Waals surface area contributed by atoms with E-state index in [9.17, 15) is 0 Å². The molecule has 1 fully saturated rings. The molecule has 17 heavy (non-hydrogen) atoms. The summed E-state index contributed by atoms with van der Waals surface area (Å²) in [4.78, 5) is 2.51. The van der Waals surface area contributed by atoms with E-state index in [4.69, 9.17) is 4.74 Å². The van der Waals surface area contributed by atoms with Crippen LogP contribution in [0.25, 0.3) is 0 Å². The minimum atomic E-state index is 0.906. The van der Waals surface area contributed by atoms with Crippen LogP contribution in [0.5, 0.6) is 0 Å². The highest BCUT2D eigenvalue weighted by atomic mass is 16.5. The number of rotatable bonds is 4. The lowest BCUT2D eigenvalue weighted by atomic mass is 10.0. The van der Waals surface area contributed by atoms with Gasteiger partial charge in [-0.3, -0.25) is 4.90 Å². The number of ether oxygens (including phenoxy) is 1. The number of morpholine rings is 1. The molecule has 2 nitrogen and oxygen atoms in total. The summed E-state index contributed by atoms with van der Waals surface area (Å²) in [5.74, 6) is 0. The van der Waals surface area contributed by atoms with Gasteiger partial charge >= 0.3 is 0 Å². The zero-order valence-corrected chi connectivity index (χ0v) is 11.0. The van der Waals surface area contributed by atoms with E-state index in [2.05, 4.69) is 36.9 Å². The monoisotopic (exact) mass is 233 g/mol. The number of aryl methyl sites for hydroxylation is 3. The number of nitrogens with zero attached hydrogens (tertiary/aromatic N) is 1. The van der Waals surface area contributed by atoms with Crippen LogP contribution >= 0.6 is 0 Å². The van der Waals surface area contributed by atoms with Gasteiger partial charge in [0.25, 0.3) is 0 Å². The van der Waals surface area contributed by atoms with Gasteiger partial charge in [-0.25, -0.2) is 0 Å². The van der Waals surface area contributed by atoms with Crippen molar-refractivity contribution in [1.29, 1.82) is 0 Å². The zero-order valence-electron chi connectivity index (χ0n) is 11.0. The fourth-order valence-corrected chi connectivity index (χ4v) is 2.54. The minimum Gasteiger partial charge on any atom is -0.379 e. The van der Waals surface area contributed by atoms with Crippen molar-refractivity contribution < 1.29 is 4.74 Å². The average molecular weight is 233 g/mol. The normalized spacial score (nSPS) is 17.3. The summed E-state index contributed by atoms with van der Waals surface area (Å²) in [6.07, 6.45) is 2.45. The van der Waals surface area contributed by atoms with Crippen LogP contribution in [-0.2, 0) is 11.2 Å². The summed E-state index contributed by atoms with van der Waals surface area (Å²) >= 11 is 0. The number of benzene rings is 1. The molecular formula is C15H23NO. The predicted octanol–water partition coefficient (Wildman–Crippen LogP) is 2.57. The Morgan fingerprint density at radius 2 is 1.71 bits per heavy atom. The van der Waals surface area contributed by atoms with Crippen molar-refractivity contribution in [2.24, 2.45) is 0 Å². The van der Waals surface area contributed by atoms with Gasteiger partial charge in [0.1, 0.15) is 0 Å². The highest BCUT2D eigenvalue weighted by Crippen LogP contribution is 2.11. The first-order chi connectivity index (χ1) is 8.24. The Balaban J connectivity index is 1.77. The van der Waals surface area contributed by atoms with Gasteiger partial charge in [0.2, 0.25) is 0 Å². The quantitative estimate of drug-likeness (QED) is 0.792. The molecule has 2 heteroatoms.